The molecule has 1 aliphatic carbocycles. The van der Waals surface area contributed by atoms with Crippen molar-refractivity contribution in [3.63, 3.8) is 0 Å². The molecule has 5 rings (SSSR count). The fourth-order valence-electron chi connectivity index (χ4n) is 4.79. The SMILES string of the molecule is Cc1ccccc1C(=O)OCC1CC(n2cnc3c(I)nc(N)nc32)C1COC(=O)c1ccccc1C. The summed E-state index contributed by atoms with van der Waals surface area (Å²) in [6, 6.07) is 14.6. The molecule has 0 aliphatic heterocycles. The van der Waals surface area contributed by atoms with Crippen molar-refractivity contribution >= 4 is 51.6 Å². The first-order chi connectivity index (χ1) is 17.8. The van der Waals surface area contributed by atoms with Gasteiger partial charge >= 0.3 is 11.9 Å². The molecule has 0 radical (unpaired) electrons. The first kappa shape index (κ1) is 25.1. The van der Waals surface area contributed by atoms with Gasteiger partial charge in [0.15, 0.2) is 5.65 Å². The highest BCUT2D eigenvalue weighted by atomic mass is 127. The molecule has 2 heterocycles. The summed E-state index contributed by atoms with van der Waals surface area (Å²) < 4.78 is 14.1. The van der Waals surface area contributed by atoms with Crippen LogP contribution in [-0.2, 0) is 9.47 Å². The maximum absolute atomic E-state index is 12.8. The molecule has 0 bridgehead atoms. The molecule has 2 N–H and O–H groups in total. The average molecular weight is 611 g/mol. The van der Waals surface area contributed by atoms with Crippen molar-refractivity contribution in [2.75, 3.05) is 18.9 Å². The average Bonchev–Trinajstić information content (AvgIpc) is 3.27. The van der Waals surface area contributed by atoms with Crippen molar-refractivity contribution < 1.29 is 19.1 Å². The Labute approximate surface area is 227 Å². The standard InChI is InChI=1S/C27H26IN5O4/c1-15-7-3-5-9-18(15)25(34)36-12-17-11-21(33-14-30-22-23(28)31-27(29)32-24(22)33)20(17)13-37-26(35)19-10-6-4-8-16(19)2/h3-10,14,17,20-21H,11-13H2,1-2H3,(H2,29,31,32). The monoisotopic (exact) mass is 611 g/mol. The molecule has 0 spiro atoms. The number of carbonyl (C=O) groups excluding carboxylic acids is 2. The number of aromatic nitrogens is 4. The van der Waals surface area contributed by atoms with Crippen molar-refractivity contribution in [2.45, 2.75) is 26.3 Å². The van der Waals surface area contributed by atoms with Crippen LogP contribution in [0.1, 0.15) is 44.3 Å². The Bertz CT molecular complexity index is 1490. The molecule has 1 fully saturated rings. The van der Waals surface area contributed by atoms with Gasteiger partial charge < -0.3 is 19.8 Å². The van der Waals surface area contributed by atoms with Gasteiger partial charge in [-0.25, -0.2) is 19.6 Å². The number of hydrogen-bond acceptors (Lipinski definition) is 8. The molecule has 2 aromatic heterocycles. The number of esters is 2. The van der Waals surface area contributed by atoms with E-state index in [-0.39, 0.29) is 49.0 Å². The normalized spacial score (nSPS) is 18.8. The molecular weight excluding hydrogens is 585 g/mol. The van der Waals surface area contributed by atoms with Crippen LogP contribution in [0.4, 0.5) is 5.95 Å². The molecule has 190 valence electrons. The number of nitrogen functional groups attached to an aromatic ring is 1. The first-order valence-corrected chi connectivity index (χ1v) is 13.0. The molecule has 37 heavy (non-hydrogen) atoms. The van der Waals surface area contributed by atoms with Gasteiger partial charge in [0, 0.05) is 17.9 Å². The molecule has 0 amide bonds. The Morgan fingerprint density at radius 1 is 0.973 bits per heavy atom. The van der Waals surface area contributed by atoms with Gasteiger partial charge in [-0.1, -0.05) is 36.4 Å². The highest BCUT2D eigenvalue weighted by Gasteiger charge is 2.44. The Morgan fingerprint density at radius 3 is 2.19 bits per heavy atom. The zero-order valence-corrected chi connectivity index (χ0v) is 22.6. The topological polar surface area (TPSA) is 122 Å². The summed E-state index contributed by atoms with van der Waals surface area (Å²) in [6.45, 7) is 4.14. The molecule has 1 aliphatic rings. The van der Waals surface area contributed by atoms with E-state index in [0.717, 1.165) is 11.1 Å². The molecule has 9 nitrogen and oxygen atoms in total. The molecule has 3 unspecified atom stereocenters. The van der Waals surface area contributed by atoms with Crippen LogP contribution in [0.15, 0.2) is 54.9 Å². The summed E-state index contributed by atoms with van der Waals surface area (Å²) in [5.74, 6) is -0.678. The molecule has 4 aromatic rings. The van der Waals surface area contributed by atoms with Gasteiger partial charge in [0.05, 0.1) is 30.7 Å². The number of nitrogens with zero attached hydrogens (tertiary/aromatic N) is 4. The van der Waals surface area contributed by atoms with Crippen molar-refractivity contribution in [3.8, 4) is 0 Å². The summed E-state index contributed by atoms with van der Waals surface area (Å²) >= 11 is 2.09. The van der Waals surface area contributed by atoms with Gasteiger partial charge in [-0.05, 0) is 66.1 Å². The number of nitrogens with two attached hydrogens (primary N) is 1. The highest BCUT2D eigenvalue weighted by Crippen LogP contribution is 2.46. The number of carbonyl (C=O) groups is 2. The minimum atomic E-state index is -0.379. The van der Waals surface area contributed by atoms with E-state index in [0.29, 0.717) is 32.4 Å². The van der Waals surface area contributed by atoms with Crippen molar-refractivity contribution in [1.82, 2.24) is 19.5 Å². The van der Waals surface area contributed by atoms with Crippen LogP contribution in [-0.4, -0.2) is 44.7 Å². The van der Waals surface area contributed by atoms with Gasteiger partial charge in [0.1, 0.15) is 9.22 Å². The van der Waals surface area contributed by atoms with E-state index in [2.05, 4.69) is 37.5 Å². The van der Waals surface area contributed by atoms with E-state index in [4.69, 9.17) is 15.2 Å². The summed E-state index contributed by atoms with van der Waals surface area (Å²) in [4.78, 5) is 38.6. The number of fused-ring (bicyclic) bond motifs is 1. The van der Waals surface area contributed by atoms with E-state index in [1.165, 1.54) is 0 Å². The van der Waals surface area contributed by atoms with Gasteiger partial charge in [0.2, 0.25) is 5.95 Å². The lowest BCUT2D eigenvalue weighted by Crippen LogP contribution is -2.44. The van der Waals surface area contributed by atoms with Crippen LogP contribution in [0.2, 0.25) is 0 Å². The van der Waals surface area contributed by atoms with E-state index in [1.807, 2.05) is 54.8 Å². The zero-order chi connectivity index (χ0) is 26.1. The van der Waals surface area contributed by atoms with Crippen molar-refractivity contribution in [1.29, 1.82) is 0 Å². The fraction of sp³-hybridized carbons (Fsp3) is 0.296. The largest absolute Gasteiger partial charge is 0.462 e. The van der Waals surface area contributed by atoms with Gasteiger partial charge in [-0.3, -0.25) is 0 Å². The van der Waals surface area contributed by atoms with Crippen LogP contribution in [0.25, 0.3) is 11.2 Å². The number of imidazole rings is 1. The van der Waals surface area contributed by atoms with Gasteiger partial charge in [-0.2, -0.15) is 4.98 Å². The second kappa shape index (κ2) is 10.4. The molecule has 10 heteroatoms. The van der Waals surface area contributed by atoms with E-state index in [1.54, 1.807) is 18.5 Å². The maximum Gasteiger partial charge on any atom is 0.338 e. The molecule has 1 saturated carbocycles. The van der Waals surface area contributed by atoms with Crippen molar-refractivity contribution in [2.24, 2.45) is 11.8 Å². The Balaban J connectivity index is 1.35. The third-order valence-electron chi connectivity index (χ3n) is 6.96. The minimum absolute atomic E-state index is 0.00153. The summed E-state index contributed by atoms with van der Waals surface area (Å²) in [7, 11) is 0. The molecule has 2 aromatic carbocycles. The van der Waals surface area contributed by atoms with Crippen LogP contribution in [0.3, 0.4) is 0 Å². The van der Waals surface area contributed by atoms with Crippen molar-refractivity contribution in [3.05, 3.63) is 80.8 Å². The van der Waals surface area contributed by atoms with E-state index in [9.17, 15) is 9.59 Å². The summed E-state index contributed by atoms with van der Waals surface area (Å²) in [5, 5.41) is 0. The number of ether oxygens (including phenoxy) is 2. The Hall–Kier alpha value is -3.54. The first-order valence-electron chi connectivity index (χ1n) is 11.9. The number of aryl methyl sites for hydroxylation is 2. The third kappa shape index (κ3) is 5.02. The third-order valence-corrected chi connectivity index (χ3v) is 7.71. The minimum Gasteiger partial charge on any atom is -0.462 e. The van der Waals surface area contributed by atoms with E-state index < -0.39 is 0 Å². The molecule has 0 saturated heterocycles. The lowest BCUT2D eigenvalue weighted by molar-refractivity contribution is -0.0309. The molecule has 3 atom stereocenters. The second-order valence-electron chi connectivity index (χ2n) is 9.25. The van der Waals surface area contributed by atoms with Gasteiger partial charge in [0.25, 0.3) is 0 Å². The predicted molar refractivity (Wildman–Crippen MR) is 146 cm³/mol. The lowest BCUT2D eigenvalue weighted by atomic mass is 9.69. The Kier molecular flexibility index (Phi) is 7.09. The fourth-order valence-corrected chi connectivity index (χ4v) is 5.42. The van der Waals surface area contributed by atoms with Crippen LogP contribution < -0.4 is 5.73 Å². The van der Waals surface area contributed by atoms with E-state index >= 15 is 0 Å². The zero-order valence-electron chi connectivity index (χ0n) is 20.4. The number of hydrogen-bond donors (Lipinski definition) is 1. The van der Waals surface area contributed by atoms with Crippen LogP contribution in [0, 0.1) is 29.4 Å². The number of anilines is 1. The summed E-state index contributed by atoms with van der Waals surface area (Å²) in [6.07, 6.45) is 2.43. The quantitative estimate of drug-likeness (QED) is 0.184. The van der Waals surface area contributed by atoms with Gasteiger partial charge in [-0.15, -0.1) is 0 Å². The Morgan fingerprint density at radius 2 is 1.57 bits per heavy atom. The highest BCUT2D eigenvalue weighted by molar-refractivity contribution is 14.1. The second-order valence-corrected chi connectivity index (χ2v) is 10.3. The predicted octanol–water partition coefficient (Wildman–Crippen LogP) is 4.52. The lowest BCUT2D eigenvalue weighted by Gasteiger charge is -2.44. The van der Waals surface area contributed by atoms with Crippen LogP contribution >= 0.6 is 22.6 Å². The number of benzene rings is 2. The van der Waals surface area contributed by atoms with Crippen LogP contribution in [0.5, 0.6) is 0 Å². The number of halogens is 1. The summed E-state index contributed by atoms with van der Waals surface area (Å²) in [5.41, 5.74) is 9.99. The smallest absolute Gasteiger partial charge is 0.338 e. The molecular formula is C27H26IN5O4. The number of rotatable bonds is 7. The maximum atomic E-state index is 12.8.